The SMILES string of the molecule is C=CCN(C(=O)C(=O)NCC(O)COCc1ccc(OC)cc1)c1ccccc1. The molecule has 7 heteroatoms. The highest BCUT2D eigenvalue weighted by Crippen LogP contribution is 2.14. The molecular formula is C22H26N2O5. The van der Waals surface area contributed by atoms with E-state index in [2.05, 4.69) is 11.9 Å². The van der Waals surface area contributed by atoms with Crippen molar-refractivity contribution in [3.05, 3.63) is 72.8 Å². The van der Waals surface area contributed by atoms with E-state index in [1.807, 2.05) is 30.3 Å². The van der Waals surface area contributed by atoms with Gasteiger partial charge < -0.3 is 24.8 Å². The van der Waals surface area contributed by atoms with Gasteiger partial charge in [-0.15, -0.1) is 6.58 Å². The second kappa shape index (κ2) is 11.6. The lowest BCUT2D eigenvalue weighted by Gasteiger charge is -2.21. The average molecular weight is 398 g/mol. The molecule has 2 aromatic rings. The fourth-order valence-corrected chi connectivity index (χ4v) is 2.54. The summed E-state index contributed by atoms with van der Waals surface area (Å²) in [5.41, 5.74) is 1.52. The summed E-state index contributed by atoms with van der Waals surface area (Å²) in [6, 6.07) is 16.2. The van der Waals surface area contributed by atoms with Gasteiger partial charge in [-0.2, -0.15) is 0 Å². The molecule has 0 heterocycles. The minimum absolute atomic E-state index is 0.0234. The zero-order chi connectivity index (χ0) is 21.1. The number of amides is 2. The molecule has 2 amide bonds. The Morgan fingerprint density at radius 3 is 2.48 bits per heavy atom. The molecule has 29 heavy (non-hydrogen) atoms. The van der Waals surface area contributed by atoms with E-state index in [-0.39, 0.29) is 19.7 Å². The first-order valence-electron chi connectivity index (χ1n) is 9.19. The Balaban J connectivity index is 1.77. The standard InChI is InChI=1S/C22H26N2O5/c1-3-13-24(18-7-5-4-6-8-18)22(27)21(26)23-14-19(25)16-29-15-17-9-11-20(28-2)12-10-17/h3-12,19,25H,1,13-16H2,2H3,(H,23,26). The first kappa shape index (κ1) is 22.1. The van der Waals surface area contributed by atoms with Crippen LogP contribution in [0.15, 0.2) is 67.3 Å². The minimum Gasteiger partial charge on any atom is -0.497 e. The van der Waals surface area contributed by atoms with Gasteiger partial charge in [0.25, 0.3) is 0 Å². The summed E-state index contributed by atoms with van der Waals surface area (Å²) in [4.78, 5) is 25.9. The summed E-state index contributed by atoms with van der Waals surface area (Å²) in [7, 11) is 1.59. The predicted octanol–water partition coefficient (Wildman–Crippen LogP) is 1.91. The van der Waals surface area contributed by atoms with Gasteiger partial charge in [0, 0.05) is 18.8 Å². The lowest BCUT2D eigenvalue weighted by atomic mass is 10.2. The zero-order valence-corrected chi connectivity index (χ0v) is 16.4. The Morgan fingerprint density at radius 2 is 1.86 bits per heavy atom. The monoisotopic (exact) mass is 398 g/mol. The first-order valence-corrected chi connectivity index (χ1v) is 9.19. The summed E-state index contributed by atoms with van der Waals surface area (Å²) >= 11 is 0. The van der Waals surface area contributed by atoms with Crippen LogP contribution in [-0.4, -0.2) is 49.8 Å². The van der Waals surface area contributed by atoms with E-state index < -0.39 is 17.9 Å². The van der Waals surface area contributed by atoms with Gasteiger partial charge in [0.2, 0.25) is 0 Å². The number of aliphatic hydroxyl groups excluding tert-OH is 1. The number of carbonyl (C=O) groups is 2. The molecule has 0 saturated heterocycles. The number of rotatable bonds is 10. The lowest BCUT2D eigenvalue weighted by Crippen LogP contribution is -2.45. The molecule has 0 aliphatic heterocycles. The topological polar surface area (TPSA) is 88.1 Å². The number of nitrogens with zero attached hydrogens (tertiary/aromatic N) is 1. The Bertz CT molecular complexity index is 793. The normalized spacial score (nSPS) is 11.4. The van der Waals surface area contributed by atoms with Crippen molar-refractivity contribution in [3.8, 4) is 5.75 Å². The van der Waals surface area contributed by atoms with Gasteiger partial charge in [-0.1, -0.05) is 36.4 Å². The number of ether oxygens (including phenoxy) is 2. The second-order valence-corrected chi connectivity index (χ2v) is 6.27. The van der Waals surface area contributed by atoms with Crippen LogP contribution in [0.1, 0.15) is 5.56 Å². The molecule has 1 unspecified atom stereocenters. The van der Waals surface area contributed by atoms with Crippen LogP contribution in [0.4, 0.5) is 5.69 Å². The molecule has 0 radical (unpaired) electrons. The van der Waals surface area contributed by atoms with Crippen LogP contribution in [-0.2, 0) is 20.9 Å². The number of nitrogens with one attached hydrogen (secondary N) is 1. The van der Waals surface area contributed by atoms with Gasteiger partial charge in [0.15, 0.2) is 0 Å². The van der Waals surface area contributed by atoms with Crippen LogP contribution in [0.25, 0.3) is 0 Å². The molecule has 1 atom stereocenters. The third kappa shape index (κ3) is 7.06. The molecule has 0 saturated carbocycles. The molecule has 0 aliphatic carbocycles. The van der Waals surface area contributed by atoms with Crippen LogP contribution in [0.5, 0.6) is 5.75 Å². The third-order valence-electron chi connectivity index (χ3n) is 4.06. The quantitative estimate of drug-likeness (QED) is 0.472. The zero-order valence-electron chi connectivity index (χ0n) is 16.4. The molecule has 0 aliphatic rings. The summed E-state index contributed by atoms with van der Waals surface area (Å²) in [5.74, 6) is -0.769. The number of anilines is 1. The molecule has 0 aromatic heterocycles. The Kier molecular flexibility index (Phi) is 8.88. The van der Waals surface area contributed by atoms with Crippen LogP contribution in [0.3, 0.4) is 0 Å². The van der Waals surface area contributed by atoms with E-state index in [4.69, 9.17) is 9.47 Å². The predicted molar refractivity (Wildman–Crippen MR) is 111 cm³/mol. The number of hydrogen-bond donors (Lipinski definition) is 2. The van der Waals surface area contributed by atoms with Crippen LogP contribution < -0.4 is 15.0 Å². The van der Waals surface area contributed by atoms with Crippen LogP contribution in [0, 0.1) is 0 Å². The van der Waals surface area contributed by atoms with Crippen LogP contribution >= 0.6 is 0 Å². The van der Waals surface area contributed by atoms with E-state index in [1.54, 1.807) is 37.5 Å². The first-order chi connectivity index (χ1) is 14.0. The van der Waals surface area contributed by atoms with Crippen molar-refractivity contribution in [2.24, 2.45) is 0 Å². The maximum atomic E-state index is 12.4. The Hall–Kier alpha value is -3.16. The van der Waals surface area contributed by atoms with Gasteiger partial charge in [-0.05, 0) is 29.8 Å². The second-order valence-electron chi connectivity index (χ2n) is 6.27. The highest BCUT2D eigenvalue weighted by Gasteiger charge is 2.22. The summed E-state index contributed by atoms with van der Waals surface area (Å²) in [6.45, 7) is 4.06. The van der Waals surface area contributed by atoms with Gasteiger partial charge in [-0.3, -0.25) is 9.59 Å². The highest BCUT2D eigenvalue weighted by molar-refractivity contribution is 6.40. The fraction of sp³-hybridized carbons (Fsp3) is 0.273. The number of aliphatic hydroxyl groups is 1. The number of methoxy groups -OCH3 is 1. The third-order valence-corrected chi connectivity index (χ3v) is 4.06. The number of benzene rings is 2. The average Bonchev–Trinajstić information content (AvgIpc) is 2.76. The van der Waals surface area contributed by atoms with Crippen molar-refractivity contribution < 1.29 is 24.2 Å². The molecule has 2 aromatic carbocycles. The molecular weight excluding hydrogens is 372 g/mol. The summed E-state index contributed by atoms with van der Waals surface area (Å²) in [6.07, 6.45) is 0.606. The maximum Gasteiger partial charge on any atom is 0.316 e. The highest BCUT2D eigenvalue weighted by atomic mass is 16.5. The Morgan fingerprint density at radius 1 is 1.17 bits per heavy atom. The van der Waals surface area contributed by atoms with Crippen molar-refractivity contribution in [2.75, 3.05) is 31.7 Å². The van der Waals surface area contributed by atoms with Gasteiger partial charge >= 0.3 is 11.8 Å². The number of carbonyl (C=O) groups excluding carboxylic acids is 2. The summed E-state index contributed by atoms with van der Waals surface area (Å²) in [5, 5.41) is 12.4. The van der Waals surface area contributed by atoms with Gasteiger partial charge in [0.05, 0.1) is 26.4 Å². The summed E-state index contributed by atoms with van der Waals surface area (Å²) < 4.78 is 10.5. The number of hydrogen-bond acceptors (Lipinski definition) is 5. The smallest absolute Gasteiger partial charge is 0.316 e. The van der Waals surface area contributed by atoms with Crippen molar-refractivity contribution >= 4 is 17.5 Å². The Labute approximate surface area is 170 Å². The van der Waals surface area contributed by atoms with Gasteiger partial charge in [0.1, 0.15) is 5.75 Å². The fourth-order valence-electron chi connectivity index (χ4n) is 2.54. The molecule has 0 spiro atoms. The van der Waals surface area contributed by atoms with Gasteiger partial charge in [-0.25, -0.2) is 0 Å². The van der Waals surface area contributed by atoms with E-state index in [0.717, 1.165) is 11.3 Å². The maximum absolute atomic E-state index is 12.4. The lowest BCUT2D eigenvalue weighted by molar-refractivity contribution is -0.137. The largest absolute Gasteiger partial charge is 0.497 e. The molecule has 2 N–H and O–H groups in total. The molecule has 154 valence electrons. The van der Waals surface area contributed by atoms with Crippen molar-refractivity contribution in [2.45, 2.75) is 12.7 Å². The van der Waals surface area contributed by atoms with E-state index in [0.29, 0.717) is 12.3 Å². The minimum atomic E-state index is -0.936. The molecule has 0 bridgehead atoms. The molecule has 0 fully saturated rings. The van der Waals surface area contributed by atoms with Crippen molar-refractivity contribution in [1.82, 2.24) is 5.32 Å². The molecule has 7 nitrogen and oxygen atoms in total. The van der Waals surface area contributed by atoms with E-state index >= 15 is 0 Å². The van der Waals surface area contributed by atoms with Crippen molar-refractivity contribution in [3.63, 3.8) is 0 Å². The molecule has 2 rings (SSSR count). The van der Waals surface area contributed by atoms with Crippen molar-refractivity contribution in [1.29, 1.82) is 0 Å². The van der Waals surface area contributed by atoms with Crippen LogP contribution in [0.2, 0.25) is 0 Å². The number of para-hydroxylation sites is 1. The van der Waals surface area contributed by atoms with E-state index in [1.165, 1.54) is 4.90 Å². The van der Waals surface area contributed by atoms with E-state index in [9.17, 15) is 14.7 Å².